The van der Waals surface area contributed by atoms with E-state index in [1.54, 1.807) is 37.5 Å². The second-order valence-corrected chi connectivity index (χ2v) is 6.38. The van der Waals surface area contributed by atoms with Crippen LogP contribution in [0.15, 0.2) is 53.3 Å². The summed E-state index contributed by atoms with van der Waals surface area (Å²) in [6.07, 6.45) is 2.75. The van der Waals surface area contributed by atoms with Crippen LogP contribution in [0.1, 0.15) is 60.1 Å². The highest BCUT2D eigenvalue weighted by Gasteiger charge is 2.29. The molecule has 8 nitrogen and oxygen atoms in total. The van der Waals surface area contributed by atoms with Crippen molar-refractivity contribution in [1.82, 2.24) is 5.32 Å². The molecule has 3 rings (SSSR count). The summed E-state index contributed by atoms with van der Waals surface area (Å²) in [6.45, 7) is 9.59. The van der Waals surface area contributed by atoms with E-state index in [1.807, 2.05) is 19.9 Å². The van der Waals surface area contributed by atoms with Gasteiger partial charge < -0.3 is 20.6 Å². The van der Waals surface area contributed by atoms with Gasteiger partial charge in [0.05, 0.1) is 29.9 Å². The van der Waals surface area contributed by atoms with Crippen LogP contribution < -0.4 is 16.4 Å². The Bertz CT molecular complexity index is 875. The summed E-state index contributed by atoms with van der Waals surface area (Å²) in [5.41, 5.74) is 7.24. The molecule has 1 aromatic carbocycles. The zero-order chi connectivity index (χ0) is 22.7. The highest BCUT2D eigenvalue weighted by Crippen LogP contribution is 2.24. The number of aliphatic carboxylic acids is 1. The Hall–Kier alpha value is -3.55. The first-order valence-corrected chi connectivity index (χ1v) is 9.70. The van der Waals surface area contributed by atoms with Crippen molar-refractivity contribution in [2.45, 2.75) is 40.2 Å². The number of benzene rings is 1. The summed E-state index contributed by atoms with van der Waals surface area (Å²) in [5.74, 6) is -1.05. The number of hydrogen-bond donors (Lipinski definition) is 4. The van der Waals surface area contributed by atoms with Crippen molar-refractivity contribution in [1.29, 1.82) is 0 Å². The van der Waals surface area contributed by atoms with Crippen molar-refractivity contribution in [2.75, 3.05) is 5.32 Å². The van der Waals surface area contributed by atoms with E-state index >= 15 is 0 Å². The molecule has 1 aliphatic heterocycles. The van der Waals surface area contributed by atoms with Gasteiger partial charge in [-0.15, -0.1) is 0 Å². The number of carbonyl (C=O) groups excluding carboxylic acids is 2. The standard InChI is InChI=1S/C13H10N2O3.C7H13NO2.C2H6/c16-12-9-4-1-5-10(11(9)13(17)15-12)14-7-8-3-2-6-18-8;1-5(7(9)10)3-4-6(2)8;1-2/h1-6,14H,7H2,(H,15,16,17);5H,2-4,8H2,1H3,(H,9,10);1-2H3. The smallest absolute Gasteiger partial charge is 0.306 e. The van der Waals surface area contributed by atoms with Crippen LogP contribution in [0.3, 0.4) is 0 Å². The van der Waals surface area contributed by atoms with Crippen molar-refractivity contribution in [3.05, 3.63) is 65.8 Å². The number of nitrogens with one attached hydrogen (secondary N) is 2. The fourth-order valence-electron chi connectivity index (χ4n) is 2.49. The van der Waals surface area contributed by atoms with E-state index in [9.17, 15) is 14.4 Å². The van der Waals surface area contributed by atoms with Gasteiger partial charge in [-0.1, -0.05) is 33.4 Å². The van der Waals surface area contributed by atoms with Crippen LogP contribution in [0, 0.1) is 5.92 Å². The number of fused-ring (bicyclic) bond motifs is 1. The van der Waals surface area contributed by atoms with E-state index in [0.29, 0.717) is 41.9 Å². The number of furan rings is 1. The summed E-state index contributed by atoms with van der Waals surface area (Å²) in [5, 5.41) is 13.8. The molecular weight excluding hydrogens is 386 g/mol. The largest absolute Gasteiger partial charge is 0.481 e. The summed E-state index contributed by atoms with van der Waals surface area (Å²) in [6, 6.07) is 8.76. The Morgan fingerprint density at radius 3 is 2.50 bits per heavy atom. The fraction of sp³-hybridized carbons (Fsp3) is 0.318. The molecular formula is C22H29N3O5. The van der Waals surface area contributed by atoms with Crippen LogP contribution in [0.25, 0.3) is 0 Å². The molecule has 30 heavy (non-hydrogen) atoms. The SMILES string of the molecule is C=C(N)CCC(C)C(=O)O.CC.O=C1NC(=O)c2c(NCc3ccco3)cccc21. The predicted molar refractivity (Wildman–Crippen MR) is 115 cm³/mol. The van der Waals surface area contributed by atoms with Gasteiger partial charge in [-0.3, -0.25) is 19.7 Å². The van der Waals surface area contributed by atoms with Gasteiger partial charge in [0.15, 0.2) is 0 Å². The van der Waals surface area contributed by atoms with E-state index in [-0.39, 0.29) is 17.7 Å². The first-order valence-electron chi connectivity index (χ1n) is 9.70. The molecule has 162 valence electrons. The number of anilines is 1. The average Bonchev–Trinajstić information content (AvgIpc) is 3.35. The van der Waals surface area contributed by atoms with Crippen LogP contribution >= 0.6 is 0 Å². The Balaban J connectivity index is 0.000000323. The molecule has 0 saturated heterocycles. The molecule has 1 aliphatic rings. The first kappa shape index (κ1) is 24.5. The average molecular weight is 415 g/mol. The van der Waals surface area contributed by atoms with Crippen molar-refractivity contribution in [3.63, 3.8) is 0 Å². The Morgan fingerprint density at radius 2 is 1.93 bits per heavy atom. The second-order valence-electron chi connectivity index (χ2n) is 6.38. The number of nitrogens with two attached hydrogens (primary N) is 1. The third-order valence-electron chi connectivity index (χ3n) is 4.12. The summed E-state index contributed by atoms with van der Waals surface area (Å²) in [7, 11) is 0. The number of hydrogen-bond acceptors (Lipinski definition) is 6. The van der Waals surface area contributed by atoms with Gasteiger partial charge in [0.25, 0.3) is 11.8 Å². The van der Waals surface area contributed by atoms with Crippen LogP contribution in [-0.2, 0) is 11.3 Å². The molecule has 1 unspecified atom stereocenters. The van der Waals surface area contributed by atoms with Crippen LogP contribution in [0.4, 0.5) is 5.69 Å². The van der Waals surface area contributed by atoms with E-state index in [4.69, 9.17) is 15.3 Å². The summed E-state index contributed by atoms with van der Waals surface area (Å²) < 4.78 is 5.19. The maximum atomic E-state index is 11.7. The maximum Gasteiger partial charge on any atom is 0.306 e. The number of allylic oxidation sites excluding steroid dienone is 1. The summed E-state index contributed by atoms with van der Waals surface area (Å²) >= 11 is 0. The van der Waals surface area contributed by atoms with E-state index < -0.39 is 5.97 Å². The van der Waals surface area contributed by atoms with Crippen molar-refractivity contribution in [3.8, 4) is 0 Å². The van der Waals surface area contributed by atoms with Crippen LogP contribution in [0.5, 0.6) is 0 Å². The number of rotatable bonds is 7. The Labute approximate surface area is 176 Å². The van der Waals surface area contributed by atoms with Crippen LogP contribution in [-0.4, -0.2) is 22.9 Å². The van der Waals surface area contributed by atoms with Gasteiger partial charge in [0.1, 0.15) is 5.76 Å². The second kappa shape index (κ2) is 12.1. The number of carboxylic acid groups (broad SMARTS) is 1. The van der Waals surface area contributed by atoms with Gasteiger partial charge in [0, 0.05) is 11.4 Å². The highest BCUT2D eigenvalue weighted by atomic mass is 16.4. The highest BCUT2D eigenvalue weighted by molar-refractivity contribution is 6.23. The van der Waals surface area contributed by atoms with Crippen molar-refractivity contribution >= 4 is 23.5 Å². The Kier molecular flexibility index (Phi) is 9.88. The summed E-state index contributed by atoms with van der Waals surface area (Å²) in [4.78, 5) is 33.4. The molecule has 2 aromatic rings. The van der Waals surface area contributed by atoms with Crippen molar-refractivity contribution < 1.29 is 23.9 Å². The number of carbonyl (C=O) groups is 3. The Morgan fingerprint density at radius 1 is 1.23 bits per heavy atom. The van der Waals surface area contributed by atoms with Gasteiger partial charge in [-0.2, -0.15) is 0 Å². The zero-order valence-electron chi connectivity index (χ0n) is 17.5. The third kappa shape index (κ3) is 7.12. The third-order valence-corrected chi connectivity index (χ3v) is 4.12. The lowest BCUT2D eigenvalue weighted by Crippen LogP contribution is -2.20. The lowest BCUT2D eigenvalue weighted by Gasteiger charge is -2.07. The number of imide groups is 1. The molecule has 0 radical (unpaired) electrons. The minimum atomic E-state index is -0.777. The molecule has 2 amide bonds. The minimum absolute atomic E-state index is 0.319. The molecule has 0 fully saturated rings. The molecule has 2 heterocycles. The topological polar surface area (TPSA) is 135 Å². The molecule has 0 spiro atoms. The molecule has 1 aromatic heterocycles. The lowest BCUT2D eigenvalue weighted by atomic mass is 10.1. The van der Waals surface area contributed by atoms with Gasteiger partial charge in [-0.05, 0) is 37.1 Å². The molecule has 1 atom stereocenters. The molecule has 0 aliphatic carbocycles. The maximum absolute atomic E-state index is 11.7. The molecule has 0 bridgehead atoms. The monoisotopic (exact) mass is 415 g/mol. The predicted octanol–water partition coefficient (Wildman–Crippen LogP) is 3.76. The lowest BCUT2D eigenvalue weighted by molar-refractivity contribution is -0.141. The number of amides is 2. The number of carboxylic acids is 1. The van der Waals surface area contributed by atoms with Gasteiger partial charge in [0.2, 0.25) is 0 Å². The minimum Gasteiger partial charge on any atom is -0.481 e. The van der Waals surface area contributed by atoms with E-state index in [0.717, 1.165) is 5.76 Å². The van der Waals surface area contributed by atoms with E-state index in [2.05, 4.69) is 17.2 Å². The normalized spacial score (nSPS) is 12.4. The van der Waals surface area contributed by atoms with Gasteiger partial charge in [-0.25, -0.2) is 0 Å². The van der Waals surface area contributed by atoms with E-state index in [1.165, 1.54) is 0 Å². The fourth-order valence-corrected chi connectivity index (χ4v) is 2.49. The molecule has 8 heteroatoms. The van der Waals surface area contributed by atoms with Crippen LogP contribution in [0.2, 0.25) is 0 Å². The van der Waals surface area contributed by atoms with Gasteiger partial charge >= 0.3 is 5.97 Å². The molecule has 0 saturated carbocycles. The quantitative estimate of drug-likeness (QED) is 0.506. The first-order chi connectivity index (χ1) is 14.3. The zero-order valence-corrected chi connectivity index (χ0v) is 17.5. The molecule has 5 N–H and O–H groups in total. The van der Waals surface area contributed by atoms with Crippen molar-refractivity contribution in [2.24, 2.45) is 11.7 Å².